The van der Waals surface area contributed by atoms with Crippen LogP contribution in [0.4, 0.5) is 0 Å². The topological polar surface area (TPSA) is 66.4 Å². The number of hydrogen-bond acceptors (Lipinski definition) is 2. The molecule has 2 aliphatic rings. The molecule has 110 valence electrons. The molecule has 3 rings (SSSR count). The third kappa shape index (κ3) is 2.46. The minimum Gasteiger partial charge on any atom is -0.481 e. The second kappa shape index (κ2) is 5.35. The highest BCUT2D eigenvalue weighted by molar-refractivity contribution is 5.87. The van der Waals surface area contributed by atoms with E-state index in [1.807, 2.05) is 49.4 Å². The number of carboxylic acid groups (broad SMARTS) is 1. The van der Waals surface area contributed by atoms with Crippen molar-refractivity contribution in [3.8, 4) is 0 Å². The predicted octanol–water partition coefficient (Wildman–Crippen LogP) is 2.39. The van der Waals surface area contributed by atoms with Gasteiger partial charge in [0.15, 0.2) is 0 Å². The van der Waals surface area contributed by atoms with Crippen LogP contribution in [0.25, 0.3) is 0 Å². The Morgan fingerprint density at radius 1 is 1.14 bits per heavy atom. The fraction of sp³-hybridized carbons (Fsp3) is 0.412. The smallest absolute Gasteiger partial charge is 0.307 e. The number of carbonyl (C=O) groups is 2. The van der Waals surface area contributed by atoms with Gasteiger partial charge in [0, 0.05) is 0 Å². The van der Waals surface area contributed by atoms with Gasteiger partial charge in [-0.3, -0.25) is 9.59 Å². The van der Waals surface area contributed by atoms with Crippen molar-refractivity contribution in [1.82, 2.24) is 5.32 Å². The lowest BCUT2D eigenvalue weighted by atomic mass is 9.82. The van der Waals surface area contributed by atoms with Gasteiger partial charge < -0.3 is 10.4 Å². The number of fused-ring (bicyclic) bond motifs is 2. The molecule has 1 saturated carbocycles. The number of hydrogen-bond donors (Lipinski definition) is 2. The van der Waals surface area contributed by atoms with Gasteiger partial charge in [0.05, 0.1) is 17.9 Å². The van der Waals surface area contributed by atoms with Crippen molar-refractivity contribution in [2.24, 2.45) is 23.7 Å². The van der Waals surface area contributed by atoms with Crippen molar-refractivity contribution in [3.05, 3.63) is 48.0 Å². The lowest BCUT2D eigenvalue weighted by Crippen LogP contribution is -2.41. The van der Waals surface area contributed by atoms with Crippen LogP contribution in [0.1, 0.15) is 24.9 Å². The molecule has 0 radical (unpaired) electrons. The molecule has 5 atom stereocenters. The Labute approximate surface area is 123 Å². The molecule has 1 fully saturated rings. The molecule has 0 spiro atoms. The van der Waals surface area contributed by atoms with Crippen molar-refractivity contribution in [3.63, 3.8) is 0 Å². The van der Waals surface area contributed by atoms with Gasteiger partial charge in [0.2, 0.25) is 5.91 Å². The Hall–Kier alpha value is -2.10. The molecule has 1 aromatic carbocycles. The predicted molar refractivity (Wildman–Crippen MR) is 78.4 cm³/mol. The SMILES string of the molecule is C[C@H](NC(=O)[C@H]1[C@@H](C(=O)O)[C@H]2C=C[C@@H]1C2)c1ccccc1. The molecule has 0 saturated heterocycles. The lowest BCUT2D eigenvalue weighted by Gasteiger charge is -2.25. The Kier molecular flexibility index (Phi) is 3.53. The van der Waals surface area contributed by atoms with E-state index in [-0.39, 0.29) is 23.8 Å². The van der Waals surface area contributed by atoms with Crippen LogP contribution in [0.15, 0.2) is 42.5 Å². The maximum Gasteiger partial charge on any atom is 0.307 e. The normalized spacial score (nSPS) is 31.1. The number of benzene rings is 1. The van der Waals surface area contributed by atoms with Crippen molar-refractivity contribution in [2.75, 3.05) is 0 Å². The van der Waals surface area contributed by atoms with Gasteiger partial charge >= 0.3 is 5.97 Å². The van der Waals surface area contributed by atoms with Crippen LogP contribution >= 0.6 is 0 Å². The Morgan fingerprint density at radius 2 is 1.76 bits per heavy atom. The fourth-order valence-electron chi connectivity index (χ4n) is 3.65. The summed E-state index contributed by atoms with van der Waals surface area (Å²) in [6, 6.07) is 9.59. The molecule has 21 heavy (non-hydrogen) atoms. The molecule has 2 bridgehead atoms. The first kappa shape index (κ1) is 13.9. The van der Waals surface area contributed by atoms with E-state index >= 15 is 0 Å². The van der Waals surface area contributed by atoms with E-state index in [1.54, 1.807) is 0 Å². The number of carbonyl (C=O) groups excluding carboxylic acids is 1. The van der Waals surface area contributed by atoms with Gasteiger partial charge in [-0.1, -0.05) is 42.5 Å². The van der Waals surface area contributed by atoms with Crippen LogP contribution in [0, 0.1) is 23.7 Å². The van der Waals surface area contributed by atoms with Crippen molar-refractivity contribution >= 4 is 11.9 Å². The molecule has 0 heterocycles. The number of aliphatic carboxylic acids is 1. The molecule has 0 aromatic heterocycles. The molecule has 1 amide bonds. The van der Waals surface area contributed by atoms with Crippen LogP contribution in [-0.2, 0) is 9.59 Å². The second-order valence-corrected chi connectivity index (χ2v) is 5.98. The second-order valence-electron chi connectivity index (χ2n) is 5.98. The molecule has 0 aliphatic heterocycles. The first-order valence-corrected chi connectivity index (χ1v) is 7.34. The summed E-state index contributed by atoms with van der Waals surface area (Å²) in [5, 5.41) is 12.4. The van der Waals surface area contributed by atoms with Gasteiger partial charge in [0.1, 0.15) is 0 Å². The average molecular weight is 285 g/mol. The summed E-state index contributed by atoms with van der Waals surface area (Å²) >= 11 is 0. The Bertz CT molecular complexity index is 581. The molecular weight excluding hydrogens is 266 g/mol. The summed E-state index contributed by atoms with van der Waals surface area (Å²) in [6.07, 6.45) is 4.74. The van der Waals surface area contributed by atoms with Crippen molar-refractivity contribution in [1.29, 1.82) is 0 Å². The Morgan fingerprint density at radius 3 is 2.38 bits per heavy atom. The number of amides is 1. The Balaban J connectivity index is 1.73. The van der Waals surface area contributed by atoms with Crippen LogP contribution in [0.3, 0.4) is 0 Å². The highest BCUT2D eigenvalue weighted by Crippen LogP contribution is 2.48. The van der Waals surface area contributed by atoms with Crippen molar-refractivity contribution < 1.29 is 14.7 Å². The maximum absolute atomic E-state index is 12.5. The third-order valence-electron chi connectivity index (χ3n) is 4.71. The fourth-order valence-corrected chi connectivity index (χ4v) is 3.65. The molecule has 4 heteroatoms. The quantitative estimate of drug-likeness (QED) is 0.835. The van der Waals surface area contributed by atoms with E-state index in [9.17, 15) is 14.7 Å². The first-order valence-electron chi connectivity index (χ1n) is 7.34. The van der Waals surface area contributed by atoms with Crippen LogP contribution < -0.4 is 5.32 Å². The van der Waals surface area contributed by atoms with Crippen LogP contribution in [0.5, 0.6) is 0 Å². The number of nitrogens with one attached hydrogen (secondary N) is 1. The van der Waals surface area contributed by atoms with Crippen LogP contribution in [0.2, 0.25) is 0 Å². The summed E-state index contributed by atoms with van der Waals surface area (Å²) in [5.41, 5.74) is 1.02. The van der Waals surface area contributed by atoms with E-state index in [0.717, 1.165) is 12.0 Å². The van der Waals surface area contributed by atoms with E-state index in [1.165, 1.54) is 0 Å². The zero-order chi connectivity index (χ0) is 15.0. The zero-order valence-corrected chi connectivity index (χ0v) is 11.9. The monoisotopic (exact) mass is 285 g/mol. The van der Waals surface area contributed by atoms with Crippen molar-refractivity contribution in [2.45, 2.75) is 19.4 Å². The standard InChI is InChI=1S/C17H19NO3/c1-10(11-5-3-2-4-6-11)18-16(19)14-12-7-8-13(9-12)15(14)17(20)21/h2-8,10,12-15H,9H2,1H3,(H,18,19)(H,20,21)/t10-,12+,13-,14+,15-/m0/s1. The summed E-state index contributed by atoms with van der Waals surface area (Å²) in [7, 11) is 0. The van der Waals surface area contributed by atoms with Gasteiger partial charge in [-0.05, 0) is 30.7 Å². The van der Waals surface area contributed by atoms with Gasteiger partial charge in [-0.25, -0.2) is 0 Å². The van der Waals surface area contributed by atoms with E-state index in [0.29, 0.717) is 0 Å². The minimum absolute atomic E-state index is 0.00952. The highest BCUT2D eigenvalue weighted by Gasteiger charge is 2.51. The summed E-state index contributed by atoms with van der Waals surface area (Å²) in [5.74, 6) is -1.95. The van der Waals surface area contributed by atoms with E-state index in [4.69, 9.17) is 0 Å². The average Bonchev–Trinajstić information content (AvgIpc) is 3.08. The largest absolute Gasteiger partial charge is 0.481 e. The lowest BCUT2D eigenvalue weighted by molar-refractivity contribution is -0.148. The first-order chi connectivity index (χ1) is 10.1. The molecule has 4 nitrogen and oxygen atoms in total. The summed E-state index contributed by atoms with van der Waals surface area (Å²) < 4.78 is 0. The molecule has 1 aromatic rings. The summed E-state index contributed by atoms with van der Waals surface area (Å²) in [4.78, 5) is 24.0. The van der Waals surface area contributed by atoms with E-state index in [2.05, 4.69) is 5.32 Å². The zero-order valence-electron chi connectivity index (χ0n) is 11.9. The molecule has 0 unspecified atom stereocenters. The number of carboxylic acids is 1. The number of allylic oxidation sites excluding steroid dienone is 2. The van der Waals surface area contributed by atoms with Gasteiger partial charge in [-0.2, -0.15) is 0 Å². The molecular formula is C17H19NO3. The highest BCUT2D eigenvalue weighted by atomic mass is 16.4. The third-order valence-corrected chi connectivity index (χ3v) is 4.71. The molecule has 2 N–H and O–H groups in total. The maximum atomic E-state index is 12.5. The minimum atomic E-state index is -0.862. The molecule has 2 aliphatic carbocycles. The van der Waals surface area contributed by atoms with Crippen LogP contribution in [-0.4, -0.2) is 17.0 Å². The van der Waals surface area contributed by atoms with E-state index < -0.39 is 17.8 Å². The number of rotatable bonds is 4. The van der Waals surface area contributed by atoms with Gasteiger partial charge in [-0.15, -0.1) is 0 Å². The summed E-state index contributed by atoms with van der Waals surface area (Å²) in [6.45, 7) is 1.92. The van der Waals surface area contributed by atoms with Gasteiger partial charge in [0.25, 0.3) is 0 Å².